The topological polar surface area (TPSA) is 46.3 Å². The predicted molar refractivity (Wildman–Crippen MR) is 62.8 cm³/mol. The molecule has 1 rings (SSSR count). The van der Waals surface area contributed by atoms with Gasteiger partial charge in [-0.05, 0) is 19.3 Å². The van der Waals surface area contributed by atoms with E-state index in [4.69, 9.17) is 5.73 Å². The predicted octanol–water partition coefficient (Wildman–Crippen LogP) is 2.08. The van der Waals surface area contributed by atoms with Crippen molar-refractivity contribution in [2.45, 2.75) is 37.9 Å². The Hall–Kier alpha value is -1.04. The van der Waals surface area contributed by atoms with E-state index in [9.17, 15) is 18.0 Å². The smallest absolute Gasteiger partial charge is 0.330 e. The molecule has 0 aromatic heterocycles. The van der Waals surface area contributed by atoms with Crippen LogP contribution in [0.15, 0.2) is 12.7 Å². The van der Waals surface area contributed by atoms with Gasteiger partial charge in [-0.1, -0.05) is 12.5 Å². The fraction of sp³-hybridized carbons (Fsp3) is 0.750. The van der Waals surface area contributed by atoms with Gasteiger partial charge in [-0.3, -0.25) is 4.79 Å². The van der Waals surface area contributed by atoms with E-state index < -0.39 is 18.6 Å². The Labute approximate surface area is 105 Å². The molecule has 0 bridgehead atoms. The molecule has 1 saturated carbocycles. The van der Waals surface area contributed by atoms with Crippen molar-refractivity contribution >= 4 is 5.91 Å². The van der Waals surface area contributed by atoms with Gasteiger partial charge in [0, 0.05) is 18.5 Å². The number of carbonyl (C=O) groups excluding carboxylic acids is 1. The zero-order chi connectivity index (χ0) is 13.8. The van der Waals surface area contributed by atoms with E-state index in [1.807, 2.05) is 0 Å². The molecular weight excluding hydrogens is 245 g/mol. The summed E-state index contributed by atoms with van der Waals surface area (Å²) in [6.07, 6.45) is -0.333. The molecule has 3 nitrogen and oxygen atoms in total. The van der Waals surface area contributed by atoms with Gasteiger partial charge in [0.15, 0.2) is 0 Å². The average Bonchev–Trinajstić information content (AvgIpc) is 2.26. The molecule has 0 aliphatic heterocycles. The van der Waals surface area contributed by atoms with Crippen molar-refractivity contribution in [1.29, 1.82) is 0 Å². The summed E-state index contributed by atoms with van der Waals surface area (Å²) in [7, 11) is 0. The van der Waals surface area contributed by atoms with Crippen LogP contribution in [0.1, 0.15) is 25.7 Å². The van der Waals surface area contributed by atoms with Crippen LogP contribution < -0.4 is 5.73 Å². The van der Waals surface area contributed by atoms with Gasteiger partial charge in [-0.25, -0.2) is 0 Å². The summed E-state index contributed by atoms with van der Waals surface area (Å²) >= 11 is 0. The summed E-state index contributed by atoms with van der Waals surface area (Å²) in [5.74, 6) is -0.835. The normalized spacial score (nSPS) is 24.7. The van der Waals surface area contributed by atoms with E-state index in [0.717, 1.165) is 17.7 Å². The molecule has 1 amide bonds. The van der Waals surface area contributed by atoms with E-state index in [2.05, 4.69) is 6.58 Å². The third-order valence-electron chi connectivity index (χ3n) is 3.10. The SMILES string of the molecule is C=CCN(CC(F)(F)F)C(=O)C1CCCC(N)C1. The summed E-state index contributed by atoms with van der Waals surface area (Å²) in [4.78, 5) is 12.8. The summed E-state index contributed by atoms with van der Waals surface area (Å²) in [5.41, 5.74) is 5.75. The molecule has 1 fully saturated rings. The van der Waals surface area contributed by atoms with Gasteiger partial charge in [0.25, 0.3) is 0 Å². The number of hydrogen-bond acceptors (Lipinski definition) is 2. The first-order valence-corrected chi connectivity index (χ1v) is 6.05. The van der Waals surface area contributed by atoms with Crippen LogP contribution in [0.2, 0.25) is 0 Å². The molecule has 0 heterocycles. The number of carbonyl (C=O) groups is 1. The number of nitrogens with zero attached hydrogens (tertiary/aromatic N) is 1. The molecule has 0 saturated heterocycles. The molecule has 2 N–H and O–H groups in total. The molecule has 2 atom stereocenters. The maximum Gasteiger partial charge on any atom is 0.406 e. The van der Waals surface area contributed by atoms with Crippen molar-refractivity contribution in [3.63, 3.8) is 0 Å². The summed E-state index contributed by atoms with van der Waals surface area (Å²) in [5, 5.41) is 0. The lowest BCUT2D eigenvalue weighted by Gasteiger charge is -2.31. The van der Waals surface area contributed by atoms with Crippen molar-refractivity contribution in [1.82, 2.24) is 4.90 Å². The van der Waals surface area contributed by atoms with Crippen LogP contribution in [0.25, 0.3) is 0 Å². The Morgan fingerprint density at radius 1 is 1.44 bits per heavy atom. The number of halogens is 3. The first-order chi connectivity index (χ1) is 8.33. The van der Waals surface area contributed by atoms with Crippen molar-refractivity contribution in [2.75, 3.05) is 13.1 Å². The lowest BCUT2D eigenvalue weighted by Crippen LogP contribution is -2.44. The fourth-order valence-electron chi connectivity index (χ4n) is 2.31. The molecule has 0 radical (unpaired) electrons. The molecular formula is C12H19F3N2O. The summed E-state index contributed by atoms with van der Waals surface area (Å²) < 4.78 is 37.1. The lowest BCUT2D eigenvalue weighted by atomic mass is 9.85. The maximum atomic E-state index is 12.4. The Morgan fingerprint density at radius 3 is 2.61 bits per heavy atom. The van der Waals surface area contributed by atoms with Crippen molar-refractivity contribution in [3.05, 3.63) is 12.7 Å². The van der Waals surface area contributed by atoms with Gasteiger partial charge in [-0.15, -0.1) is 6.58 Å². The monoisotopic (exact) mass is 264 g/mol. The zero-order valence-electron chi connectivity index (χ0n) is 10.2. The number of rotatable bonds is 4. The molecule has 1 aliphatic rings. The second kappa shape index (κ2) is 6.22. The van der Waals surface area contributed by atoms with Crippen molar-refractivity contribution in [2.24, 2.45) is 11.7 Å². The van der Waals surface area contributed by atoms with Crippen LogP contribution >= 0.6 is 0 Å². The Morgan fingerprint density at radius 2 is 2.11 bits per heavy atom. The lowest BCUT2D eigenvalue weighted by molar-refractivity contribution is -0.163. The van der Waals surface area contributed by atoms with E-state index in [1.54, 1.807) is 0 Å². The van der Waals surface area contributed by atoms with E-state index >= 15 is 0 Å². The number of hydrogen-bond donors (Lipinski definition) is 1. The van der Waals surface area contributed by atoms with Gasteiger partial charge in [0.1, 0.15) is 6.54 Å². The van der Waals surface area contributed by atoms with Gasteiger partial charge in [0.2, 0.25) is 5.91 Å². The third kappa shape index (κ3) is 4.68. The standard InChI is InChI=1S/C12H19F3N2O/c1-2-6-17(8-12(13,14)15)11(18)9-4-3-5-10(16)7-9/h2,9-10H,1,3-8,16H2. The van der Waals surface area contributed by atoms with Crippen LogP contribution in [-0.4, -0.2) is 36.1 Å². The fourth-order valence-corrected chi connectivity index (χ4v) is 2.31. The van der Waals surface area contributed by atoms with Crippen LogP contribution in [0.3, 0.4) is 0 Å². The molecule has 0 aromatic rings. The van der Waals surface area contributed by atoms with Crippen LogP contribution in [0.4, 0.5) is 13.2 Å². The van der Waals surface area contributed by atoms with E-state index in [1.165, 1.54) is 6.08 Å². The molecule has 18 heavy (non-hydrogen) atoms. The van der Waals surface area contributed by atoms with Crippen molar-refractivity contribution in [3.8, 4) is 0 Å². The second-order valence-electron chi connectivity index (χ2n) is 4.75. The van der Waals surface area contributed by atoms with Crippen LogP contribution in [0.5, 0.6) is 0 Å². The Kier molecular flexibility index (Phi) is 5.19. The number of amides is 1. The van der Waals surface area contributed by atoms with Crippen LogP contribution in [-0.2, 0) is 4.79 Å². The van der Waals surface area contributed by atoms with E-state index in [-0.39, 0.29) is 18.5 Å². The number of nitrogens with two attached hydrogens (primary N) is 1. The van der Waals surface area contributed by atoms with Crippen molar-refractivity contribution < 1.29 is 18.0 Å². The van der Waals surface area contributed by atoms with Crippen LogP contribution in [0, 0.1) is 5.92 Å². The zero-order valence-corrected chi connectivity index (χ0v) is 10.2. The molecule has 0 spiro atoms. The highest BCUT2D eigenvalue weighted by Gasteiger charge is 2.35. The summed E-state index contributed by atoms with van der Waals surface area (Å²) in [6, 6.07) is -0.0795. The highest BCUT2D eigenvalue weighted by molar-refractivity contribution is 5.79. The Bertz CT molecular complexity index is 304. The minimum atomic E-state index is -4.38. The van der Waals surface area contributed by atoms with Gasteiger partial charge in [-0.2, -0.15) is 13.2 Å². The van der Waals surface area contributed by atoms with Gasteiger partial charge >= 0.3 is 6.18 Å². The van der Waals surface area contributed by atoms with Gasteiger partial charge < -0.3 is 10.6 Å². The molecule has 0 aromatic carbocycles. The first kappa shape index (κ1) is 15.0. The number of alkyl halides is 3. The van der Waals surface area contributed by atoms with E-state index in [0.29, 0.717) is 12.8 Å². The maximum absolute atomic E-state index is 12.4. The molecule has 104 valence electrons. The Balaban J connectivity index is 2.66. The second-order valence-corrected chi connectivity index (χ2v) is 4.75. The third-order valence-corrected chi connectivity index (χ3v) is 3.10. The molecule has 6 heteroatoms. The highest BCUT2D eigenvalue weighted by Crippen LogP contribution is 2.26. The minimum Gasteiger partial charge on any atom is -0.330 e. The largest absolute Gasteiger partial charge is 0.406 e. The molecule has 2 unspecified atom stereocenters. The quantitative estimate of drug-likeness (QED) is 0.790. The summed E-state index contributed by atoms with van der Waals surface area (Å²) in [6.45, 7) is 2.09. The van der Waals surface area contributed by atoms with Gasteiger partial charge in [0.05, 0.1) is 0 Å². The molecule has 1 aliphatic carbocycles. The minimum absolute atomic E-state index is 0.0793. The highest BCUT2D eigenvalue weighted by atomic mass is 19.4. The average molecular weight is 264 g/mol. The first-order valence-electron chi connectivity index (χ1n) is 6.05.